The number of carboxylic acids is 1. The van der Waals surface area contributed by atoms with Crippen molar-refractivity contribution in [3.05, 3.63) is 0 Å². The minimum atomic E-state index is -1.34. The Kier molecular flexibility index (Phi) is 11.6. The van der Waals surface area contributed by atoms with Crippen LogP contribution in [0.3, 0.4) is 0 Å². The summed E-state index contributed by atoms with van der Waals surface area (Å²) in [5.74, 6) is -3.83. The number of amides is 4. The zero-order valence-electron chi connectivity index (χ0n) is 18.6. The smallest absolute Gasteiger partial charge is 0.326 e. The van der Waals surface area contributed by atoms with Gasteiger partial charge in [-0.25, -0.2) is 4.79 Å². The van der Waals surface area contributed by atoms with Crippen molar-refractivity contribution in [2.75, 3.05) is 13.1 Å². The molecule has 4 unspecified atom stereocenters. The molecule has 1 aliphatic heterocycles. The number of guanidine groups is 1. The normalized spacial score (nSPS) is 17.8. The number of rotatable bonds is 14. The number of primary amides is 1. The summed E-state index contributed by atoms with van der Waals surface area (Å²) in [6.45, 7) is 2.33. The summed E-state index contributed by atoms with van der Waals surface area (Å²) >= 11 is 0. The van der Waals surface area contributed by atoms with E-state index in [-0.39, 0.29) is 37.7 Å². The predicted octanol–water partition coefficient (Wildman–Crippen LogP) is -3.38. The molecule has 0 aliphatic carbocycles. The molecule has 1 fully saturated rings. The van der Waals surface area contributed by atoms with Crippen LogP contribution < -0.4 is 38.5 Å². The van der Waals surface area contributed by atoms with Gasteiger partial charge < -0.3 is 43.6 Å². The van der Waals surface area contributed by atoms with E-state index in [1.165, 1.54) is 6.92 Å². The van der Waals surface area contributed by atoms with E-state index in [2.05, 4.69) is 26.3 Å². The third kappa shape index (κ3) is 10.6. The van der Waals surface area contributed by atoms with Crippen molar-refractivity contribution in [3.8, 4) is 0 Å². The van der Waals surface area contributed by atoms with E-state index in [9.17, 15) is 29.1 Å². The maximum atomic E-state index is 12.8. The maximum absolute atomic E-state index is 12.8. The second-order valence-corrected chi connectivity index (χ2v) is 7.79. The van der Waals surface area contributed by atoms with Gasteiger partial charge in [-0.2, -0.15) is 0 Å². The fourth-order valence-corrected chi connectivity index (χ4v) is 3.17. The summed E-state index contributed by atoms with van der Waals surface area (Å²) in [7, 11) is 0. The zero-order chi connectivity index (χ0) is 25.0. The average Bonchev–Trinajstić information content (AvgIpc) is 3.27. The molecule has 0 radical (unpaired) electrons. The fraction of sp³-hybridized carbons (Fsp3) is 0.684. The number of aliphatic imine (C=N–C) groups is 1. The molecule has 14 heteroatoms. The van der Waals surface area contributed by atoms with Crippen molar-refractivity contribution < 1.29 is 29.1 Å². The Morgan fingerprint density at radius 2 is 1.73 bits per heavy atom. The van der Waals surface area contributed by atoms with E-state index in [1.54, 1.807) is 0 Å². The molecule has 186 valence electrons. The highest BCUT2D eigenvalue weighted by atomic mass is 16.4. The Morgan fingerprint density at radius 3 is 2.27 bits per heavy atom. The van der Waals surface area contributed by atoms with E-state index >= 15 is 0 Å². The van der Waals surface area contributed by atoms with Crippen LogP contribution in [0.2, 0.25) is 0 Å². The molecule has 1 rings (SSSR count). The molecular weight excluding hydrogens is 436 g/mol. The molecule has 0 aromatic heterocycles. The Balaban J connectivity index is 2.73. The standard InChI is InChI=1S/C19H34N8O6/c1-10(15(29)27-13(18(32)33)6-7-14(20)28)25-17(31)12(5-3-9-24-19(21)22)26-16(30)11-4-2-8-23-11/h10-13,23H,2-9H2,1H3,(H2,20,28)(H,25,31)(H,26,30)(H,27,29)(H,32,33)(H4,21,22,24). The maximum Gasteiger partial charge on any atom is 0.326 e. The van der Waals surface area contributed by atoms with Crippen LogP contribution >= 0.6 is 0 Å². The number of hydrogen-bond acceptors (Lipinski definition) is 7. The van der Waals surface area contributed by atoms with Crippen LogP contribution in [0.25, 0.3) is 0 Å². The van der Waals surface area contributed by atoms with Gasteiger partial charge in [-0.3, -0.25) is 24.2 Å². The highest BCUT2D eigenvalue weighted by Crippen LogP contribution is 2.07. The lowest BCUT2D eigenvalue weighted by molar-refractivity contribution is -0.142. The summed E-state index contributed by atoms with van der Waals surface area (Å²) in [4.78, 5) is 63.7. The third-order valence-corrected chi connectivity index (χ3v) is 5.00. The van der Waals surface area contributed by atoms with Gasteiger partial charge in [0.15, 0.2) is 5.96 Å². The van der Waals surface area contributed by atoms with Gasteiger partial charge in [0.25, 0.3) is 0 Å². The monoisotopic (exact) mass is 470 g/mol. The molecule has 0 aromatic carbocycles. The molecule has 1 aliphatic rings. The second kappa shape index (κ2) is 13.9. The van der Waals surface area contributed by atoms with Crippen LogP contribution in [0.5, 0.6) is 0 Å². The van der Waals surface area contributed by atoms with Crippen LogP contribution in [-0.2, 0) is 24.0 Å². The van der Waals surface area contributed by atoms with Gasteiger partial charge in [0.2, 0.25) is 23.6 Å². The third-order valence-electron chi connectivity index (χ3n) is 5.00. The summed E-state index contributed by atoms with van der Waals surface area (Å²) < 4.78 is 0. The molecule has 4 atom stereocenters. The van der Waals surface area contributed by atoms with Crippen LogP contribution in [0.15, 0.2) is 4.99 Å². The minimum Gasteiger partial charge on any atom is -0.480 e. The number of carbonyl (C=O) groups is 5. The van der Waals surface area contributed by atoms with Crippen molar-refractivity contribution in [1.82, 2.24) is 21.3 Å². The fourth-order valence-electron chi connectivity index (χ4n) is 3.17. The molecule has 1 heterocycles. The topological polar surface area (TPSA) is 244 Å². The predicted molar refractivity (Wildman–Crippen MR) is 118 cm³/mol. The lowest BCUT2D eigenvalue weighted by Crippen LogP contribution is -2.56. The first-order valence-electron chi connectivity index (χ1n) is 10.7. The SMILES string of the molecule is CC(NC(=O)C(CCCN=C(N)N)NC(=O)C1CCCN1)C(=O)NC(CCC(N)=O)C(=O)O. The van der Waals surface area contributed by atoms with Crippen LogP contribution in [0.4, 0.5) is 0 Å². The lowest BCUT2D eigenvalue weighted by atomic mass is 10.1. The summed E-state index contributed by atoms with van der Waals surface area (Å²) in [6, 6.07) is -3.79. The summed E-state index contributed by atoms with van der Waals surface area (Å²) in [6.07, 6.45) is 1.69. The Labute approximate surface area is 191 Å². The second-order valence-electron chi connectivity index (χ2n) is 7.79. The molecule has 4 amide bonds. The number of nitrogens with two attached hydrogens (primary N) is 3. The lowest BCUT2D eigenvalue weighted by Gasteiger charge is -2.23. The number of carboxylic acid groups (broad SMARTS) is 1. The van der Waals surface area contributed by atoms with Gasteiger partial charge in [0.1, 0.15) is 18.1 Å². The molecule has 14 nitrogen and oxygen atoms in total. The van der Waals surface area contributed by atoms with Gasteiger partial charge in [-0.15, -0.1) is 0 Å². The van der Waals surface area contributed by atoms with Crippen molar-refractivity contribution in [1.29, 1.82) is 0 Å². The van der Waals surface area contributed by atoms with Gasteiger partial charge in [0.05, 0.1) is 6.04 Å². The first-order valence-corrected chi connectivity index (χ1v) is 10.7. The largest absolute Gasteiger partial charge is 0.480 e. The number of nitrogens with one attached hydrogen (secondary N) is 4. The molecular formula is C19H34N8O6. The highest BCUT2D eigenvalue weighted by Gasteiger charge is 2.29. The first kappa shape index (κ1) is 27.6. The average molecular weight is 471 g/mol. The molecule has 0 saturated carbocycles. The van der Waals surface area contributed by atoms with E-state index in [4.69, 9.17) is 17.2 Å². The van der Waals surface area contributed by atoms with Crippen LogP contribution in [0, 0.1) is 0 Å². The summed E-state index contributed by atoms with van der Waals surface area (Å²) in [5, 5.41) is 19.7. The Hall–Kier alpha value is -3.42. The van der Waals surface area contributed by atoms with E-state index in [0.717, 1.165) is 6.42 Å². The van der Waals surface area contributed by atoms with Gasteiger partial charge in [0, 0.05) is 13.0 Å². The van der Waals surface area contributed by atoms with E-state index < -0.39 is 47.9 Å². The molecule has 0 spiro atoms. The van der Waals surface area contributed by atoms with Crippen molar-refractivity contribution in [3.63, 3.8) is 0 Å². The number of hydrogen-bond donors (Lipinski definition) is 8. The Morgan fingerprint density at radius 1 is 1.03 bits per heavy atom. The molecule has 0 bridgehead atoms. The minimum absolute atomic E-state index is 0.0928. The van der Waals surface area contributed by atoms with Crippen molar-refractivity contribution in [2.24, 2.45) is 22.2 Å². The number of aliphatic carboxylic acids is 1. The van der Waals surface area contributed by atoms with Crippen LogP contribution in [0.1, 0.15) is 45.4 Å². The van der Waals surface area contributed by atoms with Crippen molar-refractivity contribution >= 4 is 35.6 Å². The quantitative estimate of drug-likeness (QED) is 0.0715. The molecule has 1 saturated heterocycles. The highest BCUT2D eigenvalue weighted by molar-refractivity contribution is 5.94. The van der Waals surface area contributed by atoms with E-state index in [0.29, 0.717) is 19.4 Å². The first-order chi connectivity index (χ1) is 15.5. The van der Waals surface area contributed by atoms with Gasteiger partial charge in [-0.1, -0.05) is 0 Å². The van der Waals surface area contributed by atoms with E-state index in [1.807, 2.05) is 0 Å². The Bertz CT molecular complexity index is 749. The molecule has 0 aromatic rings. The van der Waals surface area contributed by atoms with Gasteiger partial charge >= 0.3 is 5.97 Å². The number of nitrogens with zero attached hydrogens (tertiary/aromatic N) is 1. The summed E-state index contributed by atoms with van der Waals surface area (Å²) in [5.41, 5.74) is 15.6. The van der Waals surface area contributed by atoms with Crippen molar-refractivity contribution in [2.45, 2.75) is 69.6 Å². The molecule has 33 heavy (non-hydrogen) atoms. The molecule has 11 N–H and O–H groups in total. The van der Waals surface area contributed by atoms with Gasteiger partial charge in [-0.05, 0) is 45.6 Å². The zero-order valence-corrected chi connectivity index (χ0v) is 18.6. The van der Waals surface area contributed by atoms with Crippen LogP contribution in [-0.4, -0.2) is 77.9 Å². The number of carbonyl (C=O) groups excluding carboxylic acids is 4.